The van der Waals surface area contributed by atoms with Crippen LogP contribution in [0.15, 0.2) is 124 Å². The Labute approximate surface area is 377 Å². The zero-order valence-electron chi connectivity index (χ0n) is 35.5. The number of hydrogen-bond acceptors (Lipinski definition) is 14. The van der Waals surface area contributed by atoms with Crippen molar-refractivity contribution in [2.75, 3.05) is 13.2 Å². The van der Waals surface area contributed by atoms with E-state index in [9.17, 15) is 40.5 Å². The zero-order chi connectivity index (χ0) is 46.3. The van der Waals surface area contributed by atoms with E-state index in [2.05, 4.69) is 15.0 Å². The maximum absolute atomic E-state index is 13.1. The van der Waals surface area contributed by atoms with Crippen LogP contribution in [-0.4, -0.2) is 108 Å². The summed E-state index contributed by atoms with van der Waals surface area (Å²) < 4.78 is 30.8. The second-order valence-corrected chi connectivity index (χ2v) is 16.6. The summed E-state index contributed by atoms with van der Waals surface area (Å²) in [4.78, 5) is 25.8. The summed E-state index contributed by atoms with van der Waals surface area (Å²) in [5, 5.41) is 87.5. The van der Waals surface area contributed by atoms with Gasteiger partial charge in [0.25, 0.3) is 0 Å². The van der Waals surface area contributed by atoms with Crippen molar-refractivity contribution in [3.8, 4) is 34.5 Å². The molecule has 0 aromatic heterocycles. The zero-order valence-corrected chi connectivity index (χ0v) is 35.5. The van der Waals surface area contributed by atoms with E-state index >= 15 is 0 Å². The minimum Gasteiger partial charge on any atom is -0.508 e. The number of benzene rings is 4. The van der Waals surface area contributed by atoms with E-state index in [1.54, 1.807) is 54.6 Å². The molecule has 7 atom stereocenters. The van der Waals surface area contributed by atoms with Crippen LogP contribution in [-0.2, 0) is 29.0 Å². The number of amidine groups is 1. The molecule has 1 unspecified atom stereocenters. The maximum atomic E-state index is 13.1. The molecule has 1 saturated heterocycles. The molecular formula is C49H47N4O13+. The van der Waals surface area contributed by atoms with E-state index in [4.69, 9.17) is 29.1 Å². The third-order valence-corrected chi connectivity index (χ3v) is 12.2. The van der Waals surface area contributed by atoms with Gasteiger partial charge in [-0.15, -0.1) is 0 Å². The van der Waals surface area contributed by atoms with Gasteiger partial charge in [-0.05, 0) is 76.5 Å². The molecule has 17 nitrogen and oxygen atoms in total. The summed E-state index contributed by atoms with van der Waals surface area (Å²) in [6.07, 6.45) is 1.25. The van der Waals surface area contributed by atoms with Crippen molar-refractivity contribution in [2.45, 2.75) is 68.6 Å². The number of carboxylic acids is 1. The van der Waals surface area contributed by atoms with Crippen LogP contribution in [0.1, 0.15) is 47.3 Å². The number of nitrogens with two attached hydrogens (primary N) is 1. The first-order valence-corrected chi connectivity index (χ1v) is 21.3. The van der Waals surface area contributed by atoms with Crippen LogP contribution in [0.4, 0.5) is 0 Å². The molecule has 9 rings (SSSR count). The number of phenolic OH excluding ortho intramolecular Hbond substituents is 2. The number of aliphatic imine (C=N–C) groups is 3. The Hall–Kier alpha value is -7.31. The molecule has 1 aliphatic carbocycles. The Balaban J connectivity index is 1.08. The van der Waals surface area contributed by atoms with Crippen LogP contribution >= 0.6 is 0 Å². The van der Waals surface area contributed by atoms with Gasteiger partial charge in [-0.25, -0.2) is 9.79 Å². The topological polar surface area (TPSA) is 267 Å². The predicted molar refractivity (Wildman–Crippen MR) is 239 cm³/mol. The molecule has 4 aliphatic heterocycles. The smallest absolute Gasteiger partial charge is 0.336 e. The number of aliphatic carboxylic acids is 1. The molecule has 66 heavy (non-hydrogen) atoms. The summed E-state index contributed by atoms with van der Waals surface area (Å²) in [6.45, 7) is 1.99. The number of aromatic hydroxyl groups is 2. The lowest BCUT2D eigenvalue weighted by Crippen LogP contribution is -2.79. The van der Waals surface area contributed by atoms with E-state index in [1.807, 2.05) is 31.2 Å². The average Bonchev–Trinajstić information content (AvgIpc) is 3.98. The Kier molecular flexibility index (Phi) is 11.7. The van der Waals surface area contributed by atoms with Crippen LogP contribution in [0.5, 0.6) is 34.5 Å². The SMILES string of the molecule is CCc1cc(O)cc(COc2c(O[C@@H]3O[C@H](C(=O)O)[C@]4(O)[C@@H](C5=NC=NC5)C(Cc5ccccc5)=C[C@@]3(O)[C@@H]4O)cc3c(c2O)C(O)=CC(c2ccc(OCCC4=NC(=[NH2+])C=C4)cc2)O3)c1. The van der Waals surface area contributed by atoms with Gasteiger partial charge in [0.15, 0.2) is 28.9 Å². The van der Waals surface area contributed by atoms with Gasteiger partial charge in [0.1, 0.15) is 59.3 Å². The van der Waals surface area contributed by atoms with Gasteiger partial charge in [-0.2, -0.15) is 0 Å². The number of carboxylic acid groups (broad SMARTS) is 1. The minimum absolute atomic E-state index is 0.00538. The number of allylic oxidation sites excluding steroid dienone is 1. The van der Waals surface area contributed by atoms with Crippen LogP contribution in [0, 0.1) is 5.92 Å². The van der Waals surface area contributed by atoms with Crippen molar-refractivity contribution in [2.24, 2.45) is 20.9 Å². The first-order chi connectivity index (χ1) is 31.7. The van der Waals surface area contributed by atoms with Gasteiger partial charge in [0.05, 0.1) is 24.8 Å². The molecule has 0 saturated carbocycles. The first-order valence-electron chi connectivity index (χ1n) is 21.3. The van der Waals surface area contributed by atoms with E-state index in [0.717, 1.165) is 16.8 Å². The second-order valence-electron chi connectivity index (χ2n) is 16.6. The molecule has 5 aliphatic rings. The summed E-state index contributed by atoms with van der Waals surface area (Å²) in [7, 11) is 0. The standard InChI is InChI=1S/C49H46N4O13/c1-2-26-16-28(19-32(54)18-26)24-63-43-38(21-37-40(42(43)56)35(55)20-36(64-37)29-8-11-33(12-9-29)62-15-14-31-10-13-39(50)53-31)65-47-48(60)22-30(17-27-6-4-3-5-7-27)41(34-23-51-25-52-34)49(61,46(48)59)44(66-47)45(57)58/h3-13,16,18-22,25,36,41,44,46-47,50,54-56,59-61H,2,14-15,17,23-24H2,1H3,(H,57,58)/p+1/t36?,41-,44-,46+,47-,48-,49-/m1/s1. The Morgan fingerprint density at radius 3 is 2.42 bits per heavy atom. The number of carbonyl (C=O) groups is 1. The highest BCUT2D eigenvalue weighted by Crippen LogP contribution is 2.54. The number of fused-ring (bicyclic) bond motifs is 3. The second kappa shape index (κ2) is 17.6. The van der Waals surface area contributed by atoms with Gasteiger partial charge < -0.3 is 59.4 Å². The monoisotopic (exact) mass is 899 g/mol. The van der Waals surface area contributed by atoms with Gasteiger partial charge in [-0.3, -0.25) is 10.4 Å². The summed E-state index contributed by atoms with van der Waals surface area (Å²) in [5.74, 6) is -3.88. The van der Waals surface area contributed by atoms with Crippen molar-refractivity contribution in [1.29, 1.82) is 0 Å². The largest absolute Gasteiger partial charge is 0.508 e. The lowest BCUT2D eigenvalue weighted by atomic mass is 9.60. The molecule has 340 valence electrons. The van der Waals surface area contributed by atoms with Crippen LogP contribution in [0.3, 0.4) is 0 Å². The van der Waals surface area contributed by atoms with Crippen molar-refractivity contribution >= 4 is 35.3 Å². The summed E-state index contributed by atoms with van der Waals surface area (Å²) in [5.41, 5.74) is -1.53. The third kappa shape index (κ3) is 8.17. The van der Waals surface area contributed by atoms with Crippen LogP contribution in [0.2, 0.25) is 0 Å². The Bertz CT molecular complexity index is 2770. The van der Waals surface area contributed by atoms with Gasteiger partial charge in [0.2, 0.25) is 12.0 Å². The van der Waals surface area contributed by atoms with Crippen molar-refractivity contribution in [3.05, 3.63) is 137 Å². The van der Waals surface area contributed by atoms with Gasteiger partial charge >= 0.3 is 11.8 Å². The molecule has 0 radical (unpaired) electrons. The average molecular weight is 900 g/mol. The number of rotatable bonds is 15. The number of aliphatic hydroxyl groups excluding tert-OH is 2. The summed E-state index contributed by atoms with van der Waals surface area (Å²) in [6, 6.07) is 22.1. The van der Waals surface area contributed by atoms with Gasteiger partial charge in [-0.1, -0.05) is 61.0 Å². The number of hydrogen-bond donors (Lipinski definition) is 8. The number of ether oxygens (including phenoxy) is 5. The van der Waals surface area contributed by atoms with E-state index in [1.165, 1.54) is 30.6 Å². The van der Waals surface area contributed by atoms with Crippen molar-refractivity contribution in [1.82, 2.24) is 0 Å². The highest BCUT2D eigenvalue weighted by atomic mass is 16.7. The fourth-order valence-corrected chi connectivity index (χ4v) is 9.04. The fraction of sp³-hybridized carbons (Fsp3) is 0.286. The predicted octanol–water partition coefficient (Wildman–Crippen LogP) is 3.50. The highest BCUT2D eigenvalue weighted by molar-refractivity contribution is 6.13. The highest BCUT2D eigenvalue weighted by Gasteiger charge is 2.71. The minimum atomic E-state index is -2.70. The van der Waals surface area contributed by atoms with Gasteiger partial charge in [0, 0.05) is 24.6 Å². The molecule has 17 heteroatoms. The van der Waals surface area contributed by atoms with E-state index < -0.39 is 59.2 Å². The summed E-state index contributed by atoms with van der Waals surface area (Å²) >= 11 is 0. The normalized spacial score (nSPS) is 26.1. The lowest BCUT2D eigenvalue weighted by Gasteiger charge is -2.57. The molecule has 2 bridgehead atoms. The third-order valence-electron chi connectivity index (χ3n) is 12.2. The molecule has 4 aromatic rings. The number of nitrogens with zero attached hydrogens (tertiary/aromatic N) is 3. The molecule has 4 aromatic carbocycles. The van der Waals surface area contributed by atoms with Crippen molar-refractivity contribution < 1.29 is 69.6 Å². The van der Waals surface area contributed by atoms with Crippen LogP contribution < -0.4 is 24.4 Å². The fourth-order valence-electron chi connectivity index (χ4n) is 9.04. The molecule has 0 spiro atoms. The van der Waals surface area contributed by atoms with Crippen molar-refractivity contribution in [3.63, 3.8) is 0 Å². The number of aryl methyl sites for hydroxylation is 1. The molecule has 1 fully saturated rings. The van der Waals surface area contributed by atoms with E-state index in [-0.39, 0.29) is 53.9 Å². The van der Waals surface area contributed by atoms with E-state index in [0.29, 0.717) is 47.7 Å². The number of aliphatic hydroxyl groups is 4. The molecular weight excluding hydrogens is 853 g/mol. The first kappa shape index (κ1) is 43.9. The maximum Gasteiger partial charge on any atom is 0.336 e. The molecule has 4 heterocycles. The Morgan fingerprint density at radius 1 is 0.955 bits per heavy atom. The lowest BCUT2D eigenvalue weighted by molar-refractivity contribution is -0.338. The Morgan fingerprint density at radius 2 is 1.73 bits per heavy atom. The molecule has 0 amide bonds. The molecule has 9 N–H and O–H groups in total. The quantitative estimate of drug-likeness (QED) is 0.0796. The number of phenols is 2. The van der Waals surface area contributed by atoms with Crippen LogP contribution in [0.25, 0.3) is 5.76 Å².